The number of carboxylic acid groups (broad SMARTS) is 1. The first-order valence-electron chi connectivity index (χ1n) is 10.7. The number of hydrogen-bond acceptors (Lipinski definition) is 4. The number of nitrogens with zero attached hydrogens (tertiary/aromatic N) is 1. The monoisotopic (exact) mass is 450 g/mol. The highest BCUT2D eigenvalue weighted by Gasteiger charge is 2.34. The summed E-state index contributed by atoms with van der Waals surface area (Å²) in [6.07, 6.45) is -1.10. The number of allylic oxidation sites excluding steroid dienone is 1. The van der Waals surface area contributed by atoms with Crippen molar-refractivity contribution >= 4 is 40.1 Å². The average molecular weight is 451 g/mol. The van der Waals surface area contributed by atoms with Crippen molar-refractivity contribution in [3.05, 3.63) is 59.3 Å². The third kappa shape index (κ3) is 3.82. The molecule has 1 aliphatic heterocycles. The van der Waals surface area contributed by atoms with E-state index >= 15 is 0 Å². The standard InChI is InChI=1S/C26H30N2O3S/c1-14(2)19-12-18-21(17-10-8-15(3)9-11-17)20(24(25(29)30)31-26(5,6)7)16(4)22-23(18)28(19)13-32-27-22/h8-12,24,27H,1,13H2,2-7H3,(H,29,30). The van der Waals surface area contributed by atoms with Gasteiger partial charge in [0.05, 0.1) is 22.7 Å². The molecule has 0 aliphatic carbocycles. The topological polar surface area (TPSA) is 63.5 Å². The summed E-state index contributed by atoms with van der Waals surface area (Å²) in [6, 6.07) is 10.4. The summed E-state index contributed by atoms with van der Waals surface area (Å²) in [5.74, 6) is -0.239. The molecule has 1 aromatic heterocycles. The molecule has 0 saturated carbocycles. The van der Waals surface area contributed by atoms with Crippen molar-refractivity contribution in [3.8, 4) is 11.1 Å². The Balaban J connectivity index is 2.16. The first-order valence-corrected chi connectivity index (χ1v) is 11.7. The minimum atomic E-state index is -1.10. The van der Waals surface area contributed by atoms with E-state index in [2.05, 4.69) is 46.2 Å². The van der Waals surface area contributed by atoms with E-state index in [0.717, 1.165) is 56.0 Å². The van der Waals surface area contributed by atoms with Gasteiger partial charge in [-0.15, -0.1) is 0 Å². The first-order chi connectivity index (χ1) is 15.0. The Bertz CT molecular complexity index is 1230. The van der Waals surface area contributed by atoms with Crippen LogP contribution in [0.1, 0.15) is 56.2 Å². The predicted octanol–water partition coefficient (Wildman–Crippen LogP) is 6.93. The number of aromatic nitrogens is 1. The lowest BCUT2D eigenvalue weighted by atomic mass is 9.87. The lowest BCUT2D eigenvalue weighted by Crippen LogP contribution is -2.28. The Kier molecular flexibility index (Phi) is 5.63. The normalized spacial score (nSPS) is 14.3. The van der Waals surface area contributed by atoms with Gasteiger partial charge in [0.15, 0.2) is 6.10 Å². The van der Waals surface area contributed by atoms with E-state index in [0.29, 0.717) is 5.56 Å². The van der Waals surface area contributed by atoms with E-state index in [-0.39, 0.29) is 0 Å². The number of anilines is 1. The third-order valence-corrected chi connectivity index (χ3v) is 6.49. The van der Waals surface area contributed by atoms with Gasteiger partial charge in [-0.05, 0) is 81.8 Å². The molecule has 0 spiro atoms. The van der Waals surface area contributed by atoms with Crippen molar-refractivity contribution in [2.24, 2.45) is 0 Å². The number of ether oxygens (including phenoxy) is 1. The Morgan fingerprint density at radius 1 is 1.25 bits per heavy atom. The zero-order valence-electron chi connectivity index (χ0n) is 19.5. The van der Waals surface area contributed by atoms with Crippen molar-refractivity contribution in [1.29, 1.82) is 0 Å². The van der Waals surface area contributed by atoms with Crippen LogP contribution in [0, 0.1) is 13.8 Å². The molecule has 1 unspecified atom stereocenters. The molecule has 1 atom stereocenters. The van der Waals surface area contributed by atoms with Crippen LogP contribution in [0.25, 0.3) is 27.6 Å². The molecule has 4 rings (SSSR count). The highest BCUT2D eigenvalue weighted by molar-refractivity contribution is 7.99. The Hall–Kier alpha value is -2.70. The van der Waals surface area contributed by atoms with Gasteiger partial charge >= 0.3 is 5.97 Å². The second-order valence-electron chi connectivity index (χ2n) is 9.48. The summed E-state index contributed by atoms with van der Waals surface area (Å²) in [7, 11) is 0. The largest absolute Gasteiger partial charge is 0.479 e. The third-order valence-electron chi connectivity index (χ3n) is 5.75. The second-order valence-corrected chi connectivity index (χ2v) is 10.2. The van der Waals surface area contributed by atoms with Gasteiger partial charge in [0, 0.05) is 16.6 Å². The van der Waals surface area contributed by atoms with Gasteiger partial charge in [-0.25, -0.2) is 4.79 Å². The highest BCUT2D eigenvalue weighted by Crippen LogP contribution is 2.48. The quantitative estimate of drug-likeness (QED) is 0.413. The molecule has 0 amide bonds. The lowest BCUT2D eigenvalue weighted by molar-refractivity contribution is -0.160. The molecule has 6 heteroatoms. The number of aliphatic carboxylic acids is 1. The molecule has 32 heavy (non-hydrogen) atoms. The maximum atomic E-state index is 12.5. The van der Waals surface area contributed by atoms with Crippen LogP contribution in [0.2, 0.25) is 0 Å². The molecular weight excluding hydrogens is 420 g/mol. The fraction of sp³-hybridized carbons (Fsp3) is 0.346. The number of hydrogen-bond donors (Lipinski definition) is 2. The summed E-state index contributed by atoms with van der Waals surface area (Å²) in [6.45, 7) is 15.9. The maximum Gasteiger partial charge on any atom is 0.337 e. The minimum Gasteiger partial charge on any atom is -0.479 e. The van der Waals surface area contributed by atoms with Crippen LogP contribution in [0.4, 0.5) is 5.69 Å². The molecule has 5 nitrogen and oxygen atoms in total. The van der Waals surface area contributed by atoms with Crippen molar-refractivity contribution in [2.75, 3.05) is 4.72 Å². The molecule has 0 saturated heterocycles. The van der Waals surface area contributed by atoms with Crippen molar-refractivity contribution in [3.63, 3.8) is 0 Å². The molecular formula is C26H30N2O3S. The minimum absolute atomic E-state index is 0.622. The van der Waals surface area contributed by atoms with Crippen LogP contribution in [0.15, 0.2) is 36.9 Å². The Morgan fingerprint density at radius 2 is 1.91 bits per heavy atom. The summed E-state index contributed by atoms with van der Waals surface area (Å²) >= 11 is 1.59. The average Bonchev–Trinajstić information content (AvgIpc) is 3.09. The molecule has 168 valence electrons. The smallest absolute Gasteiger partial charge is 0.337 e. The number of benzene rings is 2. The number of rotatable bonds is 5. The fourth-order valence-electron chi connectivity index (χ4n) is 4.38. The van der Waals surface area contributed by atoms with Crippen molar-refractivity contribution in [1.82, 2.24) is 4.57 Å². The van der Waals surface area contributed by atoms with E-state index in [1.807, 2.05) is 41.5 Å². The summed E-state index contributed by atoms with van der Waals surface area (Å²) < 4.78 is 11.9. The van der Waals surface area contributed by atoms with Gasteiger partial charge < -0.3 is 19.1 Å². The second kappa shape index (κ2) is 8.01. The van der Waals surface area contributed by atoms with Crippen LogP contribution >= 0.6 is 11.9 Å². The number of aryl methyl sites for hydroxylation is 1. The van der Waals surface area contributed by atoms with Crippen molar-refractivity contribution < 1.29 is 14.6 Å². The molecule has 3 aromatic rings. The van der Waals surface area contributed by atoms with E-state index in [1.54, 1.807) is 11.9 Å². The molecule has 1 aliphatic rings. The van der Waals surface area contributed by atoms with Gasteiger partial charge in [0.1, 0.15) is 0 Å². The Labute approximate surface area is 193 Å². The van der Waals surface area contributed by atoms with E-state index in [1.165, 1.54) is 0 Å². The summed E-state index contributed by atoms with van der Waals surface area (Å²) in [5.41, 5.74) is 8.07. The molecule has 2 heterocycles. The molecule has 2 N–H and O–H groups in total. The van der Waals surface area contributed by atoms with Gasteiger partial charge in [0.2, 0.25) is 0 Å². The van der Waals surface area contributed by atoms with E-state index in [9.17, 15) is 9.90 Å². The zero-order valence-corrected chi connectivity index (χ0v) is 20.3. The van der Waals surface area contributed by atoms with E-state index in [4.69, 9.17) is 4.74 Å². The van der Waals surface area contributed by atoms with Gasteiger partial charge in [-0.3, -0.25) is 0 Å². The molecule has 2 aromatic carbocycles. The van der Waals surface area contributed by atoms with Gasteiger partial charge in [-0.2, -0.15) is 0 Å². The number of nitrogens with one attached hydrogen (secondary N) is 1. The fourth-order valence-corrected chi connectivity index (χ4v) is 5.24. The lowest BCUT2D eigenvalue weighted by Gasteiger charge is -2.30. The van der Waals surface area contributed by atoms with Crippen molar-refractivity contribution in [2.45, 2.75) is 59.1 Å². The van der Waals surface area contributed by atoms with Crippen LogP contribution in [0.5, 0.6) is 0 Å². The molecule has 0 bridgehead atoms. The van der Waals surface area contributed by atoms with Crippen LogP contribution in [0.3, 0.4) is 0 Å². The van der Waals surface area contributed by atoms with Gasteiger partial charge in [0.25, 0.3) is 0 Å². The first kappa shape index (κ1) is 22.5. The number of carboxylic acids is 1. The molecule has 0 radical (unpaired) electrons. The summed E-state index contributed by atoms with van der Waals surface area (Å²) in [5, 5.41) is 11.3. The number of carbonyl (C=O) groups is 1. The van der Waals surface area contributed by atoms with Crippen LogP contribution < -0.4 is 4.72 Å². The molecule has 0 fully saturated rings. The predicted molar refractivity (Wildman–Crippen MR) is 134 cm³/mol. The summed E-state index contributed by atoms with van der Waals surface area (Å²) in [4.78, 5) is 12.5. The van der Waals surface area contributed by atoms with Crippen LogP contribution in [-0.4, -0.2) is 21.2 Å². The van der Waals surface area contributed by atoms with Crippen LogP contribution in [-0.2, 0) is 15.4 Å². The SMILES string of the molecule is C=C(C)c1cc2c(-c3ccc(C)cc3)c(C(OC(C)(C)C)C(=O)O)c(C)c3c2n1CSN3. The maximum absolute atomic E-state index is 12.5. The van der Waals surface area contributed by atoms with Gasteiger partial charge in [-0.1, -0.05) is 36.4 Å². The Morgan fingerprint density at radius 3 is 2.47 bits per heavy atom. The zero-order chi connectivity index (χ0) is 23.4. The highest BCUT2D eigenvalue weighted by atomic mass is 32.2. The van der Waals surface area contributed by atoms with E-state index < -0.39 is 17.7 Å².